The molecule has 0 amide bonds. The molecule has 2 aromatic rings. The van der Waals surface area contributed by atoms with Gasteiger partial charge in [-0.25, -0.2) is 21.8 Å². The fraction of sp³-hybridized carbons (Fsp3) is 0.630. The van der Waals surface area contributed by atoms with Crippen molar-refractivity contribution in [1.29, 1.82) is 0 Å². The summed E-state index contributed by atoms with van der Waals surface area (Å²) < 4.78 is 57.3. The van der Waals surface area contributed by atoms with Crippen LogP contribution in [0.4, 0.5) is 5.82 Å². The quantitative estimate of drug-likeness (QED) is 0.259. The maximum atomic E-state index is 13.0. The van der Waals surface area contributed by atoms with Crippen molar-refractivity contribution in [2.75, 3.05) is 31.1 Å². The molecule has 0 aliphatic carbocycles. The van der Waals surface area contributed by atoms with Gasteiger partial charge in [0.2, 0.25) is 10.0 Å². The molecule has 1 unspecified atom stereocenters. The van der Waals surface area contributed by atoms with Crippen molar-refractivity contribution in [2.24, 2.45) is 17.8 Å². The number of piperidine rings is 2. The number of hydrogen-bond donors (Lipinski definition) is 2. The molecule has 0 saturated carbocycles. The number of carboxylic acids is 1. The van der Waals surface area contributed by atoms with Crippen LogP contribution in [-0.2, 0) is 24.8 Å². The summed E-state index contributed by atoms with van der Waals surface area (Å²) >= 11 is 13.9. The Morgan fingerprint density at radius 3 is 2.12 bits per heavy atom. The molecule has 2 aromatic heterocycles. The van der Waals surface area contributed by atoms with Gasteiger partial charge in [-0.2, -0.15) is 9.03 Å². The Balaban J connectivity index is 1.21. The predicted octanol–water partition coefficient (Wildman–Crippen LogP) is 6.20. The lowest BCUT2D eigenvalue weighted by molar-refractivity contribution is -0.140. The van der Waals surface area contributed by atoms with Crippen LogP contribution in [0.5, 0.6) is 0 Å². The molecular weight excluding hydrogens is 768 g/mol. The Hall–Kier alpha value is -0.810. The summed E-state index contributed by atoms with van der Waals surface area (Å²) in [5, 5.41) is 9.36. The van der Waals surface area contributed by atoms with Crippen molar-refractivity contribution in [3.63, 3.8) is 0 Å². The van der Waals surface area contributed by atoms with Crippen LogP contribution < -0.4 is 9.62 Å². The van der Waals surface area contributed by atoms with Crippen molar-refractivity contribution in [3.05, 3.63) is 31.6 Å². The highest BCUT2D eigenvalue weighted by Crippen LogP contribution is 2.37. The number of sulfonamides is 2. The van der Waals surface area contributed by atoms with Crippen LogP contribution in [0.25, 0.3) is 0 Å². The molecule has 240 valence electrons. The standard InChI is InChI=1S/C27H37Br2ClN4O6S3/c1-17(2)24(27(35)36)32-42(37,38)20-14-22(29)26(31-16-20)33-10-6-18(7-11-33)4-3-5-19-8-12-34(13-9-19)43(39,40)23-15-21(28)25(30)41-23/h14-19,24,32H,3-13H2,1-2H3,(H,35,36). The average Bonchev–Trinajstić information content (AvgIpc) is 3.31. The van der Waals surface area contributed by atoms with Gasteiger partial charge >= 0.3 is 5.97 Å². The zero-order valence-electron chi connectivity index (χ0n) is 24.0. The van der Waals surface area contributed by atoms with Gasteiger partial charge in [-0.3, -0.25) is 4.79 Å². The number of nitrogens with zero attached hydrogens (tertiary/aromatic N) is 3. The molecule has 16 heteroatoms. The molecule has 2 N–H and O–H groups in total. The third kappa shape index (κ3) is 8.72. The average molecular weight is 805 g/mol. The van der Waals surface area contributed by atoms with Crippen LogP contribution >= 0.6 is 54.8 Å². The zero-order valence-corrected chi connectivity index (χ0v) is 30.4. The minimum Gasteiger partial charge on any atom is -0.480 e. The number of halogens is 3. The lowest BCUT2D eigenvalue weighted by Gasteiger charge is -2.34. The molecule has 10 nitrogen and oxygen atoms in total. The van der Waals surface area contributed by atoms with E-state index in [0.717, 1.165) is 69.4 Å². The van der Waals surface area contributed by atoms with Gasteiger partial charge in [-0.05, 0) is 87.4 Å². The molecule has 1 atom stereocenters. The molecule has 0 aromatic carbocycles. The first-order valence-electron chi connectivity index (χ1n) is 14.3. The van der Waals surface area contributed by atoms with E-state index < -0.39 is 38.0 Å². The number of carbonyl (C=O) groups is 1. The number of anilines is 1. The van der Waals surface area contributed by atoms with Gasteiger partial charge in [0.25, 0.3) is 10.0 Å². The Labute approximate surface area is 279 Å². The number of aliphatic carboxylic acids is 1. The monoisotopic (exact) mass is 802 g/mol. The summed E-state index contributed by atoms with van der Waals surface area (Å²) in [5.41, 5.74) is 0. The molecule has 43 heavy (non-hydrogen) atoms. The highest BCUT2D eigenvalue weighted by Gasteiger charge is 2.32. The number of rotatable bonds is 12. The summed E-state index contributed by atoms with van der Waals surface area (Å²) in [4.78, 5) is 17.9. The van der Waals surface area contributed by atoms with E-state index in [1.165, 1.54) is 12.3 Å². The van der Waals surface area contributed by atoms with Crippen molar-refractivity contribution in [2.45, 2.75) is 73.9 Å². The third-order valence-corrected chi connectivity index (χ3v) is 15.1. The van der Waals surface area contributed by atoms with E-state index in [4.69, 9.17) is 11.6 Å². The summed E-state index contributed by atoms with van der Waals surface area (Å²) in [6.07, 6.45) is 8.39. The summed E-state index contributed by atoms with van der Waals surface area (Å²) in [5.74, 6) is 0.165. The van der Waals surface area contributed by atoms with E-state index in [-0.39, 0.29) is 9.10 Å². The highest BCUT2D eigenvalue weighted by molar-refractivity contribution is 9.11. The highest BCUT2D eigenvalue weighted by atomic mass is 79.9. The van der Waals surface area contributed by atoms with Crippen molar-refractivity contribution >= 4 is 86.6 Å². The molecule has 0 bridgehead atoms. The second-order valence-corrected chi connectivity index (χ2v) is 18.8. The molecule has 2 fully saturated rings. The fourth-order valence-corrected chi connectivity index (χ4v) is 11.6. The van der Waals surface area contributed by atoms with Crippen LogP contribution in [0.3, 0.4) is 0 Å². The Morgan fingerprint density at radius 2 is 1.63 bits per heavy atom. The number of pyridine rings is 1. The largest absolute Gasteiger partial charge is 0.480 e. The van der Waals surface area contributed by atoms with Crippen molar-refractivity contribution in [3.8, 4) is 0 Å². The first-order chi connectivity index (χ1) is 20.2. The maximum Gasteiger partial charge on any atom is 0.322 e. The van der Waals surface area contributed by atoms with Crippen molar-refractivity contribution < 1.29 is 26.7 Å². The van der Waals surface area contributed by atoms with Crippen LogP contribution in [0.1, 0.15) is 58.8 Å². The summed E-state index contributed by atoms with van der Waals surface area (Å²) in [6.45, 7) is 5.99. The van der Waals surface area contributed by atoms with Crippen LogP contribution in [0, 0.1) is 17.8 Å². The van der Waals surface area contributed by atoms with E-state index in [1.807, 2.05) is 0 Å². The first kappa shape index (κ1) is 35.1. The molecule has 2 aliphatic heterocycles. The molecule has 2 saturated heterocycles. The van der Waals surface area contributed by atoms with Crippen LogP contribution in [0.15, 0.2) is 36.4 Å². The Morgan fingerprint density at radius 1 is 1.05 bits per heavy atom. The Bertz CT molecular complexity index is 1490. The smallest absolute Gasteiger partial charge is 0.322 e. The van der Waals surface area contributed by atoms with Gasteiger partial charge < -0.3 is 10.0 Å². The van der Waals surface area contributed by atoms with Gasteiger partial charge in [-0.1, -0.05) is 44.7 Å². The maximum absolute atomic E-state index is 13.0. The van der Waals surface area contributed by atoms with Crippen LogP contribution in [-0.4, -0.2) is 69.4 Å². The predicted molar refractivity (Wildman–Crippen MR) is 176 cm³/mol. The number of nitrogens with one attached hydrogen (secondary N) is 1. The van der Waals surface area contributed by atoms with E-state index in [9.17, 15) is 26.7 Å². The summed E-state index contributed by atoms with van der Waals surface area (Å²) in [6, 6.07) is 1.82. The van der Waals surface area contributed by atoms with Gasteiger partial charge in [-0.15, -0.1) is 11.3 Å². The second kappa shape index (κ2) is 14.7. The molecule has 4 heterocycles. The second-order valence-electron chi connectivity index (χ2n) is 11.6. The topological polar surface area (TPSA) is 137 Å². The molecule has 0 spiro atoms. The lowest BCUT2D eigenvalue weighted by Crippen LogP contribution is -2.44. The van der Waals surface area contributed by atoms with Gasteiger partial charge in [0.15, 0.2) is 0 Å². The minimum atomic E-state index is -4.05. The lowest BCUT2D eigenvalue weighted by atomic mass is 9.87. The number of carboxylic acid groups (broad SMARTS) is 1. The van der Waals surface area contributed by atoms with Crippen molar-refractivity contribution in [1.82, 2.24) is 14.0 Å². The van der Waals surface area contributed by atoms with E-state index in [2.05, 4.69) is 46.5 Å². The van der Waals surface area contributed by atoms with E-state index in [0.29, 0.717) is 44.0 Å². The van der Waals surface area contributed by atoms with Gasteiger partial charge in [0.05, 0.1) is 4.47 Å². The number of hydrogen-bond acceptors (Lipinski definition) is 8. The zero-order chi connectivity index (χ0) is 31.5. The minimum absolute atomic E-state index is 0.0858. The van der Waals surface area contributed by atoms with Gasteiger partial charge in [0.1, 0.15) is 25.3 Å². The molecular formula is C27H37Br2ClN4O6S3. The fourth-order valence-electron chi connectivity index (χ4n) is 5.65. The van der Waals surface area contributed by atoms with E-state index in [1.54, 1.807) is 24.2 Å². The first-order valence-corrected chi connectivity index (χ1v) is 20.0. The third-order valence-electron chi connectivity index (χ3n) is 8.25. The normalized spacial score (nSPS) is 18.8. The van der Waals surface area contributed by atoms with Gasteiger partial charge in [0, 0.05) is 36.8 Å². The number of aromatic nitrogens is 1. The Kier molecular flexibility index (Phi) is 12.0. The van der Waals surface area contributed by atoms with Crippen LogP contribution in [0.2, 0.25) is 4.34 Å². The van der Waals surface area contributed by atoms with E-state index >= 15 is 0 Å². The SMILES string of the molecule is CC(C)C(NS(=O)(=O)c1cnc(N2CCC(CCCC3CCN(S(=O)(=O)c4cc(Br)c(Cl)s4)CC3)CC2)c(Br)c1)C(=O)O. The summed E-state index contributed by atoms with van der Waals surface area (Å²) in [7, 11) is -7.56. The molecule has 4 rings (SSSR count). The number of thiophene rings is 1. The molecule has 0 radical (unpaired) electrons. The molecule has 2 aliphatic rings.